The lowest BCUT2D eigenvalue weighted by Gasteiger charge is -2.52. The molecule has 0 heterocycles. The summed E-state index contributed by atoms with van der Waals surface area (Å²) in [4.78, 5) is 43.9. The number of aliphatic hydroxyl groups excluding tert-OH is 2. The number of phenols is 1. The molecule has 0 aromatic heterocycles. The molecule has 3 aliphatic rings. The Kier molecular flexibility index (Phi) is 6.52. The molecule has 0 saturated carbocycles. The van der Waals surface area contributed by atoms with Crippen LogP contribution in [0.2, 0.25) is 0 Å². The van der Waals surface area contributed by atoms with Crippen LogP contribution in [-0.2, 0) is 11.2 Å². The Morgan fingerprint density at radius 2 is 1.66 bits per heavy atom. The number of hydrogen-bond donors (Lipinski definition) is 5. The van der Waals surface area contributed by atoms with E-state index < -0.39 is 64.1 Å². The number of rotatable bonds is 4. The predicted molar refractivity (Wildman–Crippen MR) is 140 cm³/mol. The van der Waals surface area contributed by atoms with Crippen LogP contribution >= 0.6 is 0 Å². The van der Waals surface area contributed by atoms with Crippen molar-refractivity contribution in [3.8, 4) is 5.75 Å². The van der Waals surface area contributed by atoms with Gasteiger partial charge in [-0.3, -0.25) is 19.3 Å². The van der Waals surface area contributed by atoms with Crippen LogP contribution < -0.4 is 10.6 Å². The van der Waals surface area contributed by atoms with Gasteiger partial charge in [-0.15, -0.1) is 0 Å². The molecular formula is C27H36N4O7. The van der Waals surface area contributed by atoms with Gasteiger partial charge in [0.25, 0.3) is 11.8 Å². The number of fused-ring (bicyclic) bond motifs is 3. The van der Waals surface area contributed by atoms with Gasteiger partial charge in [0, 0.05) is 39.5 Å². The molecule has 0 radical (unpaired) electrons. The summed E-state index contributed by atoms with van der Waals surface area (Å²) in [6.07, 6.45) is 0.576. The lowest BCUT2D eigenvalue weighted by Crippen LogP contribution is -2.59. The first kappa shape index (κ1) is 27.5. The Balaban J connectivity index is 1.98. The van der Waals surface area contributed by atoms with E-state index in [-0.39, 0.29) is 28.9 Å². The molecule has 1 aromatic carbocycles. The number of nitrogens with zero attached hydrogens (tertiary/aromatic N) is 3. The summed E-state index contributed by atoms with van der Waals surface area (Å²) in [5.41, 5.74) is 4.13. The number of carbonyl (C=O) groups excluding carboxylic acids is 3. The van der Waals surface area contributed by atoms with Crippen LogP contribution in [0.3, 0.4) is 0 Å². The van der Waals surface area contributed by atoms with Gasteiger partial charge in [-0.2, -0.15) is 0 Å². The van der Waals surface area contributed by atoms with Gasteiger partial charge in [-0.25, -0.2) is 0 Å². The fourth-order valence-electron chi connectivity index (χ4n) is 6.74. The normalized spacial score (nSPS) is 28.6. The minimum atomic E-state index is -2.06. The number of nitrogens with two attached hydrogens (primary N) is 1. The van der Waals surface area contributed by atoms with Crippen molar-refractivity contribution in [2.24, 2.45) is 23.5 Å². The van der Waals surface area contributed by atoms with Gasteiger partial charge in [0.15, 0.2) is 5.78 Å². The van der Waals surface area contributed by atoms with Gasteiger partial charge >= 0.3 is 0 Å². The zero-order valence-corrected chi connectivity index (χ0v) is 22.7. The maximum Gasteiger partial charge on any atom is 0.257 e. The summed E-state index contributed by atoms with van der Waals surface area (Å²) >= 11 is 0. The standard InChI is InChI=1S/C27H36N4O7/c1-27(38)18-13(20(30(4)5)24(35)19(27)25(28)36)9-11-8-12-15(29(2)3)10-14(26(37)31(6)7)21(32)17(12)22(33)16(11)23(18)34/h10-11,13,18,20,32,34-35,38H,8-9H2,1-7H3,(H2,28,36). The Labute approximate surface area is 221 Å². The third kappa shape index (κ3) is 3.75. The average Bonchev–Trinajstić information content (AvgIpc) is 2.76. The van der Waals surface area contributed by atoms with Crippen molar-refractivity contribution in [2.45, 2.75) is 31.4 Å². The molecule has 0 spiro atoms. The maximum absolute atomic E-state index is 14.0. The van der Waals surface area contributed by atoms with Crippen molar-refractivity contribution in [3.63, 3.8) is 0 Å². The van der Waals surface area contributed by atoms with Crippen molar-refractivity contribution in [2.75, 3.05) is 47.2 Å². The summed E-state index contributed by atoms with van der Waals surface area (Å²) in [5.74, 6) is -5.55. The summed E-state index contributed by atoms with van der Waals surface area (Å²) in [6, 6.07) is 0.816. The van der Waals surface area contributed by atoms with Crippen LogP contribution in [0.15, 0.2) is 28.7 Å². The van der Waals surface area contributed by atoms with Gasteiger partial charge in [0.2, 0.25) is 0 Å². The number of carbonyl (C=O) groups is 3. The number of phenolic OH excluding ortho intramolecular Hbond substituents is 1. The van der Waals surface area contributed by atoms with Gasteiger partial charge in [-0.1, -0.05) is 0 Å². The monoisotopic (exact) mass is 528 g/mol. The van der Waals surface area contributed by atoms with Crippen LogP contribution in [0.25, 0.3) is 0 Å². The molecule has 3 aliphatic carbocycles. The predicted octanol–water partition coefficient (Wildman–Crippen LogP) is 0.955. The van der Waals surface area contributed by atoms with Gasteiger partial charge < -0.3 is 36.0 Å². The third-order valence-corrected chi connectivity index (χ3v) is 8.24. The highest BCUT2D eigenvalue weighted by atomic mass is 16.3. The molecule has 6 N–H and O–H groups in total. The molecule has 206 valence electrons. The van der Waals surface area contributed by atoms with Crippen molar-refractivity contribution in [1.82, 2.24) is 9.80 Å². The zero-order valence-electron chi connectivity index (χ0n) is 22.7. The van der Waals surface area contributed by atoms with E-state index in [0.717, 1.165) is 0 Å². The number of primary amides is 1. The molecule has 11 heteroatoms. The summed E-state index contributed by atoms with van der Waals surface area (Å²) in [5, 5.41) is 45.3. The quantitative estimate of drug-likeness (QED) is 0.382. The Morgan fingerprint density at radius 3 is 2.16 bits per heavy atom. The molecule has 5 unspecified atom stereocenters. The number of allylic oxidation sites excluding steroid dienone is 1. The second-order valence-corrected chi connectivity index (χ2v) is 11.3. The molecule has 0 fully saturated rings. The number of likely N-dealkylation sites (N-methyl/N-ethyl adjacent to an activating group) is 1. The van der Waals surface area contributed by atoms with E-state index in [1.807, 2.05) is 0 Å². The second kappa shape index (κ2) is 9.02. The van der Waals surface area contributed by atoms with Gasteiger partial charge in [0.05, 0.1) is 28.7 Å². The van der Waals surface area contributed by atoms with Crippen molar-refractivity contribution >= 4 is 23.3 Å². The summed E-state index contributed by atoms with van der Waals surface area (Å²) in [6.45, 7) is 1.29. The first-order chi connectivity index (χ1) is 17.5. The second-order valence-electron chi connectivity index (χ2n) is 11.3. The van der Waals surface area contributed by atoms with E-state index in [4.69, 9.17) is 5.73 Å². The molecular weight excluding hydrogens is 492 g/mol. The number of Topliss-reactive ketones (excluding diaryl/α,β-unsaturated/α-hetero) is 1. The highest BCUT2D eigenvalue weighted by Crippen LogP contribution is 2.55. The van der Waals surface area contributed by atoms with E-state index in [2.05, 4.69) is 0 Å². The third-order valence-electron chi connectivity index (χ3n) is 8.24. The first-order valence-electron chi connectivity index (χ1n) is 12.4. The number of aliphatic hydroxyl groups is 3. The molecule has 2 amide bonds. The van der Waals surface area contributed by atoms with E-state index in [1.165, 1.54) is 25.9 Å². The smallest absolute Gasteiger partial charge is 0.257 e. The highest BCUT2D eigenvalue weighted by molar-refractivity contribution is 6.16. The van der Waals surface area contributed by atoms with Crippen LogP contribution in [-0.4, -0.2) is 102 Å². The van der Waals surface area contributed by atoms with Crippen molar-refractivity contribution in [1.29, 1.82) is 0 Å². The molecule has 38 heavy (non-hydrogen) atoms. The lowest BCUT2D eigenvalue weighted by atomic mass is 9.57. The van der Waals surface area contributed by atoms with Crippen LogP contribution in [0.5, 0.6) is 5.75 Å². The largest absolute Gasteiger partial charge is 0.511 e. The molecule has 1 aromatic rings. The highest BCUT2D eigenvalue weighted by Gasteiger charge is 2.59. The van der Waals surface area contributed by atoms with Crippen molar-refractivity contribution in [3.05, 3.63) is 45.4 Å². The SMILES string of the molecule is CN(C)C(=O)c1cc(N(C)C)c2c(c1O)C(=O)C1=C(O)C3C(CC1C2)C(N(C)C)C(O)=C(C(N)=O)C3(C)O. The van der Waals surface area contributed by atoms with E-state index in [9.17, 15) is 34.8 Å². The number of amides is 2. The number of ketones is 1. The summed E-state index contributed by atoms with van der Waals surface area (Å²) in [7, 11) is 10.0. The number of hydrogen-bond acceptors (Lipinski definition) is 9. The minimum absolute atomic E-state index is 0.0243. The van der Waals surface area contributed by atoms with Gasteiger partial charge in [-0.05, 0) is 57.3 Å². The van der Waals surface area contributed by atoms with Crippen LogP contribution in [0, 0.1) is 17.8 Å². The molecule has 11 nitrogen and oxygen atoms in total. The average molecular weight is 529 g/mol. The van der Waals surface area contributed by atoms with E-state index in [0.29, 0.717) is 17.7 Å². The molecule has 0 saturated heterocycles. The minimum Gasteiger partial charge on any atom is -0.511 e. The molecule has 4 rings (SSSR count). The maximum atomic E-state index is 14.0. The molecule has 5 atom stereocenters. The number of aromatic hydroxyl groups is 1. The molecule has 0 aliphatic heterocycles. The van der Waals surface area contributed by atoms with E-state index in [1.54, 1.807) is 44.1 Å². The Morgan fingerprint density at radius 1 is 1.05 bits per heavy atom. The van der Waals surface area contributed by atoms with Crippen molar-refractivity contribution < 1.29 is 34.8 Å². The van der Waals surface area contributed by atoms with E-state index >= 15 is 0 Å². The van der Waals surface area contributed by atoms with Gasteiger partial charge in [0.1, 0.15) is 22.9 Å². The topological polar surface area (TPSA) is 168 Å². The Hall–Kier alpha value is -3.57. The number of benzene rings is 1. The fourth-order valence-corrected chi connectivity index (χ4v) is 6.74. The molecule has 0 bridgehead atoms. The fraction of sp³-hybridized carbons (Fsp3) is 0.519. The lowest BCUT2D eigenvalue weighted by molar-refractivity contribution is -0.120. The van der Waals surface area contributed by atoms with Crippen LogP contribution in [0.4, 0.5) is 5.69 Å². The summed E-state index contributed by atoms with van der Waals surface area (Å²) < 4.78 is 0. The zero-order chi connectivity index (χ0) is 28.6. The first-order valence-corrected chi connectivity index (χ1v) is 12.4. The number of anilines is 1. The van der Waals surface area contributed by atoms with Crippen LogP contribution in [0.1, 0.15) is 39.6 Å². The Bertz CT molecular complexity index is 1310.